The molecule has 1 fully saturated rings. The van der Waals surface area contributed by atoms with Gasteiger partial charge >= 0.3 is 6.61 Å². The lowest BCUT2D eigenvalue weighted by atomic mass is 10.1. The second-order valence-corrected chi connectivity index (χ2v) is 6.45. The zero-order valence-corrected chi connectivity index (χ0v) is 14.3. The third kappa shape index (κ3) is 4.75. The summed E-state index contributed by atoms with van der Waals surface area (Å²) in [7, 11) is 2.06. The van der Waals surface area contributed by atoms with E-state index in [2.05, 4.69) is 26.8 Å². The molecule has 0 spiro atoms. The van der Waals surface area contributed by atoms with Crippen molar-refractivity contribution in [2.75, 3.05) is 7.05 Å². The maximum Gasteiger partial charge on any atom is 0.387 e. The van der Waals surface area contributed by atoms with Crippen molar-refractivity contribution < 1.29 is 18.0 Å². The standard InChI is InChI=1S/C18H23F2N3O2/c1-23(13-8-4-2-3-5-9-13)12-16-21-17(22-25-16)14-10-6-7-11-15(14)24-18(19)20/h6-7,10-11,13,18H,2-5,8-9,12H2,1H3. The topological polar surface area (TPSA) is 51.4 Å². The van der Waals surface area contributed by atoms with E-state index in [0.29, 0.717) is 24.0 Å². The highest BCUT2D eigenvalue weighted by Crippen LogP contribution is 2.29. The van der Waals surface area contributed by atoms with Crippen LogP contribution in [0.2, 0.25) is 0 Å². The number of para-hydroxylation sites is 1. The summed E-state index contributed by atoms with van der Waals surface area (Å²) in [5.41, 5.74) is 0.398. The van der Waals surface area contributed by atoms with Crippen LogP contribution in [0.5, 0.6) is 5.75 Å². The van der Waals surface area contributed by atoms with Crippen LogP contribution in [0.15, 0.2) is 28.8 Å². The monoisotopic (exact) mass is 351 g/mol. The first-order valence-corrected chi connectivity index (χ1v) is 8.70. The molecule has 1 aromatic heterocycles. The summed E-state index contributed by atoms with van der Waals surface area (Å²) in [6.07, 6.45) is 7.47. The first kappa shape index (κ1) is 17.8. The fourth-order valence-electron chi connectivity index (χ4n) is 3.32. The Balaban J connectivity index is 1.70. The minimum absolute atomic E-state index is 0.0435. The molecule has 0 bridgehead atoms. The molecule has 2 aromatic rings. The molecule has 1 heterocycles. The normalized spacial score (nSPS) is 16.4. The van der Waals surface area contributed by atoms with Crippen molar-refractivity contribution in [1.82, 2.24) is 15.0 Å². The molecule has 0 atom stereocenters. The maximum absolute atomic E-state index is 12.5. The first-order chi connectivity index (χ1) is 12.1. The predicted molar refractivity (Wildman–Crippen MR) is 89.3 cm³/mol. The minimum atomic E-state index is -2.89. The van der Waals surface area contributed by atoms with Crippen molar-refractivity contribution in [1.29, 1.82) is 0 Å². The molecular weight excluding hydrogens is 328 g/mol. The fraction of sp³-hybridized carbons (Fsp3) is 0.556. The van der Waals surface area contributed by atoms with Gasteiger partial charge in [-0.3, -0.25) is 4.90 Å². The number of alkyl halides is 2. The number of aromatic nitrogens is 2. The van der Waals surface area contributed by atoms with Crippen LogP contribution in [-0.4, -0.2) is 34.7 Å². The van der Waals surface area contributed by atoms with Crippen molar-refractivity contribution >= 4 is 0 Å². The van der Waals surface area contributed by atoms with E-state index >= 15 is 0 Å². The van der Waals surface area contributed by atoms with Gasteiger partial charge in [-0.05, 0) is 32.0 Å². The van der Waals surface area contributed by atoms with Crippen molar-refractivity contribution in [3.8, 4) is 17.1 Å². The quantitative estimate of drug-likeness (QED) is 0.718. The average molecular weight is 351 g/mol. The molecule has 0 unspecified atom stereocenters. The van der Waals surface area contributed by atoms with Gasteiger partial charge in [-0.25, -0.2) is 0 Å². The highest BCUT2D eigenvalue weighted by Gasteiger charge is 2.20. The van der Waals surface area contributed by atoms with Gasteiger partial charge in [0.2, 0.25) is 11.7 Å². The second-order valence-electron chi connectivity index (χ2n) is 6.45. The number of hydrogen-bond donors (Lipinski definition) is 0. The molecule has 1 aromatic carbocycles. The molecule has 25 heavy (non-hydrogen) atoms. The van der Waals surface area contributed by atoms with Crippen LogP contribution in [0.3, 0.4) is 0 Å². The summed E-state index contributed by atoms with van der Waals surface area (Å²) in [6, 6.07) is 6.98. The zero-order valence-electron chi connectivity index (χ0n) is 14.3. The predicted octanol–water partition coefficient (Wildman–Crippen LogP) is 4.49. The molecule has 1 aliphatic rings. The van der Waals surface area contributed by atoms with Crippen LogP contribution in [0, 0.1) is 0 Å². The number of nitrogens with zero attached hydrogens (tertiary/aromatic N) is 3. The highest BCUT2D eigenvalue weighted by atomic mass is 19.3. The Morgan fingerprint density at radius 2 is 1.92 bits per heavy atom. The van der Waals surface area contributed by atoms with Crippen molar-refractivity contribution in [3.05, 3.63) is 30.2 Å². The molecule has 0 aliphatic heterocycles. The summed E-state index contributed by atoms with van der Waals surface area (Å²) < 4.78 is 34.9. The van der Waals surface area contributed by atoms with Gasteiger partial charge in [-0.15, -0.1) is 0 Å². The summed E-state index contributed by atoms with van der Waals surface area (Å²) in [5, 5.41) is 3.93. The van der Waals surface area contributed by atoms with Crippen LogP contribution in [0.1, 0.15) is 44.4 Å². The molecule has 136 valence electrons. The minimum Gasteiger partial charge on any atom is -0.434 e. The van der Waals surface area contributed by atoms with E-state index in [9.17, 15) is 8.78 Å². The van der Waals surface area contributed by atoms with E-state index in [4.69, 9.17) is 4.52 Å². The van der Waals surface area contributed by atoms with E-state index in [0.717, 1.165) is 0 Å². The smallest absolute Gasteiger partial charge is 0.387 e. The fourth-order valence-corrected chi connectivity index (χ4v) is 3.32. The summed E-state index contributed by atoms with van der Waals surface area (Å²) in [4.78, 5) is 6.60. The summed E-state index contributed by atoms with van der Waals surface area (Å²) in [6.45, 7) is -2.34. The molecule has 1 aliphatic carbocycles. The number of halogens is 2. The molecule has 5 nitrogen and oxygen atoms in total. The Morgan fingerprint density at radius 3 is 2.64 bits per heavy atom. The van der Waals surface area contributed by atoms with Crippen LogP contribution in [0.25, 0.3) is 11.4 Å². The lowest BCUT2D eigenvalue weighted by Gasteiger charge is -2.25. The molecule has 0 radical (unpaired) electrons. The lowest BCUT2D eigenvalue weighted by molar-refractivity contribution is -0.0494. The molecule has 3 rings (SSSR count). The lowest BCUT2D eigenvalue weighted by Crippen LogP contribution is -2.30. The van der Waals surface area contributed by atoms with E-state index in [-0.39, 0.29) is 11.6 Å². The van der Waals surface area contributed by atoms with Crippen molar-refractivity contribution in [3.63, 3.8) is 0 Å². The van der Waals surface area contributed by atoms with Gasteiger partial charge in [0.1, 0.15) is 5.75 Å². The first-order valence-electron chi connectivity index (χ1n) is 8.70. The zero-order chi connectivity index (χ0) is 17.6. The number of ether oxygens (including phenoxy) is 1. The third-order valence-electron chi connectivity index (χ3n) is 4.64. The average Bonchev–Trinajstić information content (AvgIpc) is 2.87. The van der Waals surface area contributed by atoms with Crippen LogP contribution in [0.4, 0.5) is 8.78 Å². The molecule has 0 N–H and O–H groups in total. The van der Waals surface area contributed by atoms with Gasteiger partial charge < -0.3 is 9.26 Å². The van der Waals surface area contributed by atoms with E-state index in [1.807, 2.05) is 0 Å². The van der Waals surface area contributed by atoms with Crippen LogP contribution >= 0.6 is 0 Å². The van der Waals surface area contributed by atoms with E-state index in [1.165, 1.54) is 44.6 Å². The largest absolute Gasteiger partial charge is 0.434 e. The van der Waals surface area contributed by atoms with E-state index < -0.39 is 6.61 Å². The van der Waals surface area contributed by atoms with Gasteiger partial charge in [0.05, 0.1) is 12.1 Å². The summed E-state index contributed by atoms with van der Waals surface area (Å²) in [5.74, 6) is 0.788. The second kappa shape index (κ2) is 8.38. The third-order valence-corrected chi connectivity index (χ3v) is 4.64. The van der Waals surface area contributed by atoms with Gasteiger partial charge in [-0.1, -0.05) is 43.0 Å². The van der Waals surface area contributed by atoms with Gasteiger partial charge in [0, 0.05) is 6.04 Å². The summed E-state index contributed by atoms with van der Waals surface area (Å²) >= 11 is 0. The maximum atomic E-state index is 12.5. The molecular formula is C18H23F2N3O2. The molecule has 0 saturated heterocycles. The number of rotatable bonds is 6. The highest BCUT2D eigenvalue weighted by molar-refractivity contribution is 5.63. The van der Waals surface area contributed by atoms with Crippen molar-refractivity contribution in [2.45, 2.75) is 57.7 Å². The molecule has 0 amide bonds. The Hall–Kier alpha value is -2.02. The Bertz CT molecular complexity index is 670. The number of hydrogen-bond acceptors (Lipinski definition) is 5. The van der Waals surface area contributed by atoms with Gasteiger partial charge in [-0.2, -0.15) is 13.8 Å². The van der Waals surface area contributed by atoms with Gasteiger partial charge in [0.15, 0.2) is 0 Å². The number of benzene rings is 1. The Kier molecular flexibility index (Phi) is 5.96. The van der Waals surface area contributed by atoms with E-state index in [1.54, 1.807) is 18.2 Å². The van der Waals surface area contributed by atoms with Gasteiger partial charge in [0.25, 0.3) is 0 Å². The molecule has 1 saturated carbocycles. The van der Waals surface area contributed by atoms with Crippen molar-refractivity contribution in [2.24, 2.45) is 0 Å². The van der Waals surface area contributed by atoms with Crippen LogP contribution < -0.4 is 4.74 Å². The molecule has 7 heteroatoms. The SMILES string of the molecule is CN(Cc1nc(-c2ccccc2OC(F)F)no1)C1CCCCCC1. The Labute approximate surface area is 146 Å². The Morgan fingerprint density at radius 1 is 1.20 bits per heavy atom. The van der Waals surface area contributed by atoms with Crippen LogP contribution in [-0.2, 0) is 6.54 Å².